The van der Waals surface area contributed by atoms with Gasteiger partial charge in [-0.15, -0.1) is 24.0 Å². The molecule has 166 valence electrons. The molecule has 1 N–H and O–H groups in total. The van der Waals surface area contributed by atoms with Crippen LogP contribution in [0.3, 0.4) is 0 Å². The van der Waals surface area contributed by atoms with Crippen molar-refractivity contribution in [2.75, 3.05) is 46.6 Å². The predicted molar refractivity (Wildman–Crippen MR) is 130 cm³/mol. The molecule has 0 bridgehead atoms. The van der Waals surface area contributed by atoms with E-state index in [-0.39, 0.29) is 24.0 Å². The van der Waals surface area contributed by atoms with E-state index in [0.29, 0.717) is 25.7 Å². The number of methoxy groups -OCH3 is 1. The van der Waals surface area contributed by atoms with Gasteiger partial charge in [-0.2, -0.15) is 0 Å². The van der Waals surface area contributed by atoms with Gasteiger partial charge in [-0.3, -0.25) is 0 Å². The van der Waals surface area contributed by atoms with Crippen LogP contribution < -0.4 is 5.32 Å². The maximum Gasteiger partial charge on any atom is 0.194 e. The average Bonchev–Trinajstić information content (AvgIpc) is 3.42. The molecule has 0 radical (unpaired) electrons. The Morgan fingerprint density at radius 2 is 2.03 bits per heavy atom. The highest BCUT2D eigenvalue weighted by molar-refractivity contribution is 14.0. The zero-order chi connectivity index (χ0) is 20.3. The minimum absolute atomic E-state index is 0. The van der Waals surface area contributed by atoms with E-state index in [0.717, 1.165) is 45.2 Å². The number of nitrogens with zero attached hydrogens (tertiary/aromatic N) is 4. The van der Waals surface area contributed by atoms with Crippen LogP contribution in [0.25, 0.3) is 0 Å². The first-order chi connectivity index (χ1) is 14.3. The Morgan fingerprint density at radius 3 is 2.73 bits per heavy atom. The monoisotopic (exact) mass is 527 g/mol. The smallest absolute Gasteiger partial charge is 0.194 e. The van der Waals surface area contributed by atoms with Crippen molar-refractivity contribution >= 4 is 29.9 Å². The SMILES string of the molecule is CCNC(=NCc1ccc(Cn2ccnc2)cc1)N1CCC(COCCOC)C1.I. The molecule has 1 unspecified atom stereocenters. The summed E-state index contributed by atoms with van der Waals surface area (Å²) in [6.07, 6.45) is 6.76. The lowest BCUT2D eigenvalue weighted by atomic mass is 10.1. The van der Waals surface area contributed by atoms with Crippen LogP contribution in [0.5, 0.6) is 0 Å². The van der Waals surface area contributed by atoms with Crippen LogP contribution in [0, 0.1) is 5.92 Å². The third-order valence-electron chi connectivity index (χ3n) is 5.06. The fourth-order valence-electron chi connectivity index (χ4n) is 3.49. The molecule has 3 rings (SSSR count). The number of aromatic nitrogens is 2. The van der Waals surface area contributed by atoms with Gasteiger partial charge in [0.25, 0.3) is 0 Å². The number of rotatable bonds is 10. The third-order valence-corrected chi connectivity index (χ3v) is 5.06. The Morgan fingerprint density at radius 1 is 1.23 bits per heavy atom. The van der Waals surface area contributed by atoms with Gasteiger partial charge in [0, 0.05) is 51.6 Å². The molecule has 1 atom stereocenters. The number of nitrogens with one attached hydrogen (secondary N) is 1. The van der Waals surface area contributed by atoms with Crippen LogP contribution in [-0.2, 0) is 22.6 Å². The molecule has 2 aromatic rings. The number of benzene rings is 1. The molecule has 0 amide bonds. The Labute approximate surface area is 196 Å². The Hall–Kier alpha value is -1.65. The first-order valence-corrected chi connectivity index (χ1v) is 10.4. The quantitative estimate of drug-likeness (QED) is 0.223. The van der Waals surface area contributed by atoms with Gasteiger partial charge in [-0.25, -0.2) is 9.98 Å². The number of aliphatic imine (C=N–C) groups is 1. The summed E-state index contributed by atoms with van der Waals surface area (Å²) in [6, 6.07) is 8.66. The highest BCUT2D eigenvalue weighted by Crippen LogP contribution is 2.17. The number of halogens is 1. The standard InChI is InChI=1S/C22H33N5O2.HI/c1-3-24-22(27-10-8-21(16-27)17-29-13-12-28-2)25-14-19-4-6-20(7-5-19)15-26-11-9-23-18-26;/h4-7,9,11,18,21H,3,8,10,12-17H2,1-2H3,(H,24,25);1H. The molecule has 1 aromatic carbocycles. The summed E-state index contributed by atoms with van der Waals surface area (Å²) in [6.45, 7) is 8.62. The van der Waals surface area contributed by atoms with Crippen LogP contribution >= 0.6 is 24.0 Å². The molecule has 30 heavy (non-hydrogen) atoms. The number of hydrogen-bond donors (Lipinski definition) is 1. The molecule has 7 nitrogen and oxygen atoms in total. The lowest BCUT2D eigenvalue weighted by Crippen LogP contribution is -2.40. The van der Waals surface area contributed by atoms with Gasteiger partial charge in [0.1, 0.15) is 0 Å². The molecule has 1 aliphatic heterocycles. The maximum absolute atomic E-state index is 5.71. The van der Waals surface area contributed by atoms with Crippen molar-refractivity contribution in [2.24, 2.45) is 10.9 Å². The highest BCUT2D eigenvalue weighted by Gasteiger charge is 2.24. The number of ether oxygens (including phenoxy) is 2. The van der Waals surface area contributed by atoms with Crippen LogP contribution in [0.2, 0.25) is 0 Å². The third kappa shape index (κ3) is 7.88. The summed E-state index contributed by atoms with van der Waals surface area (Å²) < 4.78 is 12.8. The summed E-state index contributed by atoms with van der Waals surface area (Å²) in [5.74, 6) is 1.55. The first kappa shape index (κ1) is 24.6. The maximum atomic E-state index is 5.71. The second-order valence-electron chi connectivity index (χ2n) is 7.39. The van der Waals surface area contributed by atoms with E-state index in [1.54, 1.807) is 13.3 Å². The van der Waals surface area contributed by atoms with Crippen molar-refractivity contribution in [3.63, 3.8) is 0 Å². The van der Waals surface area contributed by atoms with Gasteiger partial charge in [-0.05, 0) is 24.5 Å². The van der Waals surface area contributed by atoms with E-state index in [2.05, 4.69) is 51.0 Å². The van der Waals surface area contributed by atoms with Crippen LogP contribution in [0.1, 0.15) is 24.5 Å². The van der Waals surface area contributed by atoms with E-state index in [9.17, 15) is 0 Å². The van der Waals surface area contributed by atoms with Crippen LogP contribution in [0.4, 0.5) is 0 Å². The molecule has 0 aliphatic carbocycles. The second kappa shape index (κ2) is 13.6. The summed E-state index contributed by atoms with van der Waals surface area (Å²) >= 11 is 0. The summed E-state index contributed by atoms with van der Waals surface area (Å²) in [5, 5.41) is 3.44. The molecule has 0 saturated carbocycles. The zero-order valence-corrected chi connectivity index (χ0v) is 20.3. The second-order valence-corrected chi connectivity index (χ2v) is 7.39. The van der Waals surface area contributed by atoms with Gasteiger partial charge in [0.2, 0.25) is 0 Å². The topological polar surface area (TPSA) is 63.9 Å². The Kier molecular flexibility index (Phi) is 11.2. The molecule has 0 spiro atoms. The Bertz CT molecular complexity index is 736. The summed E-state index contributed by atoms with van der Waals surface area (Å²) in [5.41, 5.74) is 2.48. The van der Waals surface area contributed by atoms with Gasteiger partial charge < -0.3 is 24.3 Å². The first-order valence-electron chi connectivity index (χ1n) is 10.4. The van der Waals surface area contributed by atoms with E-state index < -0.39 is 0 Å². The molecular weight excluding hydrogens is 493 g/mol. The van der Waals surface area contributed by atoms with Crippen molar-refractivity contribution in [1.29, 1.82) is 0 Å². The number of likely N-dealkylation sites (tertiary alicyclic amines) is 1. The molecule has 1 aromatic heterocycles. The van der Waals surface area contributed by atoms with E-state index >= 15 is 0 Å². The lowest BCUT2D eigenvalue weighted by Gasteiger charge is -2.21. The fraction of sp³-hybridized carbons (Fsp3) is 0.545. The van der Waals surface area contributed by atoms with E-state index in [1.165, 1.54) is 11.1 Å². The summed E-state index contributed by atoms with van der Waals surface area (Å²) in [4.78, 5) is 11.3. The van der Waals surface area contributed by atoms with Gasteiger partial charge in [-0.1, -0.05) is 24.3 Å². The van der Waals surface area contributed by atoms with E-state index in [4.69, 9.17) is 14.5 Å². The zero-order valence-electron chi connectivity index (χ0n) is 18.0. The predicted octanol–water partition coefficient (Wildman–Crippen LogP) is 3.00. The minimum atomic E-state index is 0. The minimum Gasteiger partial charge on any atom is -0.382 e. The molecule has 1 saturated heterocycles. The number of guanidine groups is 1. The fourth-order valence-corrected chi connectivity index (χ4v) is 3.49. The van der Waals surface area contributed by atoms with Gasteiger partial charge in [0.05, 0.1) is 32.7 Å². The van der Waals surface area contributed by atoms with Crippen molar-refractivity contribution in [3.8, 4) is 0 Å². The molecular formula is C22H34IN5O2. The normalized spacial score (nSPS) is 16.5. The molecule has 8 heteroatoms. The molecule has 2 heterocycles. The Balaban J connectivity index is 0.00000320. The van der Waals surface area contributed by atoms with Crippen molar-refractivity contribution in [2.45, 2.75) is 26.4 Å². The lowest BCUT2D eigenvalue weighted by molar-refractivity contribution is 0.0536. The highest BCUT2D eigenvalue weighted by atomic mass is 127. The largest absolute Gasteiger partial charge is 0.382 e. The molecule has 1 aliphatic rings. The van der Waals surface area contributed by atoms with Gasteiger partial charge >= 0.3 is 0 Å². The van der Waals surface area contributed by atoms with Crippen LogP contribution in [-0.4, -0.2) is 67.0 Å². The van der Waals surface area contributed by atoms with Gasteiger partial charge in [0.15, 0.2) is 5.96 Å². The number of imidazole rings is 1. The van der Waals surface area contributed by atoms with Crippen LogP contribution in [0.15, 0.2) is 48.0 Å². The average molecular weight is 527 g/mol. The van der Waals surface area contributed by atoms with Crippen molar-refractivity contribution in [3.05, 3.63) is 54.1 Å². The van der Waals surface area contributed by atoms with Crippen molar-refractivity contribution < 1.29 is 9.47 Å². The number of hydrogen-bond acceptors (Lipinski definition) is 4. The summed E-state index contributed by atoms with van der Waals surface area (Å²) in [7, 11) is 1.70. The van der Waals surface area contributed by atoms with Crippen molar-refractivity contribution in [1.82, 2.24) is 19.8 Å². The van der Waals surface area contributed by atoms with E-state index in [1.807, 2.05) is 12.5 Å². The molecule has 1 fully saturated rings.